The third-order valence-corrected chi connectivity index (χ3v) is 5.39. The predicted octanol–water partition coefficient (Wildman–Crippen LogP) is 6.20. The molecule has 0 saturated heterocycles. The van der Waals surface area contributed by atoms with Crippen LogP contribution in [0.4, 0.5) is 0 Å². The molecular weight excluding hydrogens is 392 g/mol. The first kappa shape index (κ1) is 19.3. The first-order chi connectivity index (χ1) is 15.7. The van der Waals surface area contributed by atoms with Crippen molar-refractivity contribution in [1.82, 2.24) is 0 Å². The molecule has 5 aromatic carbocycles. The van der Waals surface area contributed by atoms with Gasteiger partial charge in [0.2, 0.25) is 0 Å². The van der Waals surface area contributed by atoms with E-state index in [1.807, 2.05) is 84.9 Å². The van der Waals surface area contributed by atoms with E-state index in [0.29, 0.717) is 11.1 Å². The van der Waals surface area contributed by atoms with E-state index < -0.39 is 0 Å². The van der Waals surface area contributed by atoms with E-state index in [0.717, 1.165) is 32.7 Å². The van der Waals surface area contributed by atoms with E-state index in [9.17, 15) is 10.2 Å². The SMILES string of the molecule is Oc1ccc2ccccc2c1C#Cc1ccccc1C#Cc1c(O)ccc2ccccc12. The maximum atomic E-state index is 10.4. The highest BCUT2D eigenvalue weighted by atomic mass is 16.3. The Kier molecular flexibility index (Phi) is 4.97. The Labute approximate surface area is 186 Å². The van der Waals surface area contributed by atoms with E-state index in [-0.39, 0.29) is 11.5 Å². The molecule has 5 rings (SSSR count). The fraction of sp³-hybridized carbons (Fsp3) is 0. The Balaban J connectivity index is 1.60. The second kappa shape index (κ2) is 8.23. The third kappa shape index (κ3) is 3.63. The van der Waals surface area contributed by atoms with Gasteiger partial charge in [-0.05, 0) is 35.0 Å². The largest absolute Gasteiger partial charge is 0.507 e. The zero-order valence-corrected chi connectivity index (χ0v) is 17.1. The highest BCUT2D eigenvalue weighted by Gasteiger charge is 2.06. The molecule has 0 spiro atoms. The molecule has 32 heavy (non-hydrogen) atoms. The molecule has 0 fully saturated rings. The Morgan fingerprint density at radius 1 is 0.406 bits per heavy atom. The van der Waals surface area contributed by atoms with Gasteiger partial charge in [0.15, 0.2) is 0 Å². The monoisotopic (exact) mass is 410 g/mol. The number of hydrogen-bond acceptors (Lipinski definition) is 2. The smallest absolute Gasteiger partial charge is 0.131 e. The summed E-state index contributed by atoms with van der Waals surface area (Å²) in [4.78, 5) is 0. The molecule has 2 N–H and O–H groups in total. The second-order valence-corrected chi connectivity index (χ2v) is 7.41. The van der Waals surface area contributed by atoms with Gasteiger partial charge in [-0.1, -0.05) is 96.5 Å². The van der Waals surface area contributed by atoms with Crippen molar-refractivity contribution in [3.8, 4) is 35.2 Å². The molecule has 2 nitrogen and oxygen atoms in total. The molecular formula is C30H18O2. The number of phenolic OH excluding ortho intramolecular Hbond substituents is 2. The molecule has 0 unspecified atom stereocenters. The van der Waals surface area contributed by atoms with Gasteiger partial charge in [0.25, 0.3) is 0 Å². The van der Waals surface area contributed by atoms with E-state index in [2.05, 4.69) is 23.7 Å². The minimum Gasteiger partial charge on any atom is -0.507 e. The van der Waals surface area contributed by atoms with Gasteiger partial charge in [0.05, 0.1) is 11.1 Å². The molecule has 150 valence electrons. The van der Waals surface area contributed by atoms with E-state index in [1.54, 1.807) is 12.1 Å². The molecule has 0 aliphatic rings. The van der Waals surface area contributed by atoms with Crippen molar-refractivity contribution in [2.45, 2.75) is 0 Å². The third-order valence-electron chi connectivity index (χ3n) is 5.39. The average Bonchev–Trinajstić information content (AvgIpc) is 2.83. The molecule has 5 aromatic rings. The van der Waals surface area contributed by atoms with Crippen molar-refractivity contribution in [3.05, 3.63) is 119 Å². The summed E-state index contributed by atoms with van der Waals surface area (Å²) in [5, 5.41) is 24.6. The van der Waals surface area contributed by atoms with E-state index in [1.165, 1.54) is 0 Å². The minimum absolute atomic E-state index is 0.153. The summed E-state index contributed by atoms with van der Waals surface area (Å²) in [5.74, 6) is 12.9. The Bertz CT molecular complexity index is 1480. The number of rotatable bonds is 0. The summed E-state index contributed by atoms with van der Waals surface area (Å²) in [6.45, 7) is 0. The summed E-state index contributed by atoms with van der Waals surface area (Å²) in [6, 6.07) is 30.4. The normalized spacial score (nSPS) is 10.2. The van der Waals surface area contributed by atoms with Gasteiger partial charge >= 0.3 is 0 Å². The van der Waals surface area contributed by atoms with Gasteiger partial charge in [-0.25, -0.2) is 0 Å². The van der Waals surface area contributed by atoms with Crippen LogP contribution in [0.1, 0.15) is 22.3 Å². The average molecular weight is 410 g/mol. The Morgan fingerprint density at radius 3 is 1.28 bits per heavy atom. The summed E-state index contributed by atoms with van der Waals surface area (Å²) in [7, 11) is 0. The van der Waals surface area contributed by atoms with Crippen LogP contribution >= 0.6 is 0 Å². The number of fused-ring (bicyclic) bond motifs is 2. The van der Waals surface area contributed by atoms with Crippen LogP contribution in [0.25, 0.3) is 21.5 Å². The molecule has 0 atom stereocenters. The molecule has 0 saturated carbocycles. The molecule has 0 bridgehead atoms. The van der Waals surface area contributed by atoms with Crippen LogP contribution < -0.4 is 0 Å². The predicted molar refractivity (Wildman–Crippen MR) is 130 cm³/mol. The maximum absolute atomic E-state index is 10.4. The molecule has 0 radical (unpaired) electrons. The first-order valence-corrected chi connectivity index (χ1v) is 10.3. The fourth-order valence-corrected chi connectivity index (χ4v) is 3.74. The van der Waals surface area contributed by atoms with Gasteiger partial charge in [-0.15, -0.1) is 0 Å². The fourth-order valence-electron chi connectivity index (χ4n) is 3.74. The van der Waals surface area contributed by atoms with Gasteiger partial charge in [-0.2, -0.15) is 0 Å². The lowest BCUT2D eigenvalue weighted by atomic mass is 10.0. The molecule has 0 aliphatic carbocycles. The number of phenols is 2. The molecule has 0 heterocycles. The lowest BCUT2D eigenvalue weighted by Gasteiger charge is -2.04. The maximum Gasteiger partial charge on any atom is 0.131 e. The molecule has 0 amide bonds. The van der Waals surface area contributed by atoms with Crippen molar-refractivity contribution in [3.63, 3.8) is 0 Å². The number of aromatic hydroxyl groups is 2. The second-order valence-electron chi connectivity index (χ2n) is 7.41. The van der Waals surface area contributed by atoms with Crippen molar-refractivity contribution in [2.75, 3.05) is 0 Å². The van der Waals surface area contributed by atoms with Gasteiger partial charge in [-0.3, -0.25) is 0 Å². The van der Waals surface area contributed by atoms with Crippen LogP contribution in [-0.4, -0.2) is 10.2 Å². The van der Waals surface area contributed by atoms with Crippen LogP contribution in [-0.2, 0) is 0 Å². The lowest BCUT2D eigenvalue weighted by molar-refractivity contribution is 0.474. The Morgan fingerprint density at radius 2 is 0.812 bits per heavy atom. The summed E-state index contributed by atoms with van der Waals surface area (Å²) in [5.41, 5.74) is 2.70. The zero-order chi connectivity index (χ0) is 21.9. The summed E-state index contributed by atoms with van der Waals surface area (Å²) >= 11 is 0. The molecule has 0 aromatic heterocycles. The Hall–Kier alpha value is -4.66. The molecule has 2 heteroatoms. The lowest BCUT2D eigenvalue weighted by Crippen LogP contribution is -1.86. The highest BCUT2D eigenvalue weighted by molar-refractivity contribution is 5.91. The quantitative estimate of drug-likeness (QED) is 0.298. The van der Waals surface area contributed by atoms with Crippen molar-refractivity contribution >= 4 is 21.5 Å². The standard InChI is InChI=1S/C30H18O2/c31-29-19-15-23-9-3-5-11-25(23)27(29)17-13-21-7-1-2-8-22(21)14-18-28-26-12-6-4-10-24(26)16-20-30(28)32/h1-12,15-16,19-20,31-32H. The van der Waals surface area contributed by atoms with Crippen molar-refractivity contribution in [1.29, 1.82) is 0 Å². The minimum atomic E-state index is 0.153. The zero-order valence-electron chi connectivity index (χ0n) is 17.1. The van der Waals surface area contributed by atoms with Crippen molar-refractivity contribution < 1.29 is 10.2 Å². The molecule has 0 aliphatic heterocycles. The first-order valence-electron chi connectivity index (χ1n) is 10.3. The topological polar surface area (TPSA) is 40.5 Å². The van der Waals surface area contributed by atoms with E-state index >= 15 is 0 Å². The van der Waals surface area contributed by atoms with Crippen LogP contribution in [0.5, 0.6) is 11.5 Å². The van der Waals surface area contributed by atoms with Crippen LogP contribution in [0.3, 0.4) is 0 Å². The number of hydrogen-bond donors (Lipinski definition) is 2. The number of benzene rings is 5. The van der Waals surface area contributed by atoms with Gasteiger partial charge in [0.1, 0.15) is 11.5 Å². The highest BCUT2D eigenvalue weighted by Crippen LogP contribution is 2.27. The van der Waals surface area contributed by atoms with Crippen molar-refractivity contribution in [2.24, 2.45) is 0 Å². The van der Waals surface area contributed by atoms with Gasteiger partial charge < -0.3 is 10.2 Å². The van der Waals surface area contributed by atoms with Crippen LogP contribution in [0.15, 0.2) is 97.1 Å². The van der Waals surface area contributed by atoms with Crippen LogP contribution in [0.2, 0.25) is 0 Å². The summed E-state index contributed by atoms with van der Waals surface area (Å²) < 4.78 is 0. The van der Waals surface area contributed by atoms with Gasteiger partial charge in [0, 0.05) is 21.9 Å². The summed E-state index contributed by atoms with van der Waals surface area (Å²) in [6.07, 6.45) is 0. The van der Waals surface area contributed by atoms with Crippen LogP contribution in [0, 0.1) is 23.7 Å². The van der Waals surface area contributed by atoms with E-state index in [4.69, 9.17) is 0 Å².